The number of fused-ring (bicyclic) bond motifs is 23. The lowest BCUT2D eigenvalue weighted by molar-refractivity contribution is 1.17. The number of rotatable bonds is 3. The van der Waals surface area contributed by atoms with Gasteiger partial charge in [-0.15, -0.1) is 0 Å². The second-order valence-electron chi connectivity index (χ2n) is 21.5. The smallest absolute Gasteiger partial charge is 0.0553 e. The average Bonchev–Trinajstić information content (AvgIpc) is 4.12. The summed E-state index contributed by atoms with van der Waals surface area (Å²) in [6, 6.07) is 91.0. The molecule has 0 saturated carbocycles. The zero-order chi connectivity index (χ0) is 51.9. The van der Waals surface area contributed by atoms with Gasteiger partial charge in [-0.1, -0.05) is 225 Å². The summed E-state index contributed by atoms with van der Waals surface area (Å²) in [5.74, 6) is 0. The lowest BCUT2D eigenvalue weighted by Gasteiger charge is -2.22. The van der Waals surface area contributed by atoms with Crippen LogP contribution in [0.2, 0.25) is 0 Å². The number of allylic oxidation sites excluding steroid dienone is 5. The van der Waals surface area contributed by atoms with Crippen molar-refractivity contribution < 1.29 is 0 Å². The molecule has 16 aromatic rings. The molecular weight excluding hydrogens is 953 g/mol. The van der Waals surface area contributed by atoms with Crippen LogP contribution in [-0.2, 0) is 6.42 Å². The van der Waals surface area contributed by atoms with E-state index in [4.69, 9.17) is 0 Å². The highest BCUT2D eigenvalue weighted by molar-refractivity contribution is 6.35. The number of para-hydroxylation sites is 2. The minimum Gasteiger partial charge on any atom is -0.309 e. The van der Waals surface area contributed by atoms with Gasteiger partial charge in [-0.25, -0.2) is 0 Å². The minimum absolute atomic E-state index is 0.786. The topological polar surface area (TPSA) is 9.86 Å². The monoisotopic (exact) mass is 1000 g/mol. The first-order valence-corrected chi connectivity index (χ1v) is 27.5. The van der Waals surface area contributed by atoms with Crippen molar-refractivity contribution in [1.29, 1.82) is 0 Å². The predicted molar refractivity (Wildman–Crippen MR) is 340 cm³/mol. The molecule has 2 heterocycles. The summed E-state index contributed by atoms with van der Waals surface area (Å²) < 4.78 is 5.07. The van der Waals surface area contributed by atoms with Gasteiger partial charge in [0.2, 0.25) is 0 Å². The van der Waals surface area contributed by atoms with Crippen LogP contribution >= 0.6 is 0 Å². The fraction of sp³-hybridized carbons (Fsp3) is 0.0130. The van der Waals surface area contributed by atoms with Crippen molar-refractivity contribution in [3.63, 3.8) is 0 Å². The van der Waals surface area contributed by atoms with Crippen LogP contribution in [0.4, 0.5) is 0 Å². The third-order valence-electron chi connectivity index (χ3n) is 17.4. The van der Waals surface area contributed by atoms with Crippen molar-refractivity contribution >= 4 is 125 Å². The highest BCUT2D eigenvalue weighted by atomic mass is 15.0. The van der Waals surface area contributed by atoms with Gasteiger partial charge in [0.1, 0.15) is 0 Å². The van der Waals surface area contributed by atoms with E-state index in [1.807, 2.05) is 0 Å². The van der Waals surface area contributed by atoms with Gasteiger partial charge in [0.05, 0.1) is 33.4 Å². The molecule has 14 aromatic carbocycles. The summed E-state index contributed by atoms with van der Waals surface area (Å²) in [6.45, 7) is 4.56. The predicted octanol–water partition coefficient (Wildman–Crippen LogP) is 21.0. The molecule has 0 atom stereocenters. The van der Waals surface area contributed by atoms with E-state index in [1.54, 1.807) is 0 Å². The molecule has 0 N–H and O–H groups in total. The molecule has 0 fully saturated rings. The van der Waals surface area contributed by atoms with Gasteiger partial charge >= 0.3 is 0 Å². The van der Waals surface area contributed by atoms with Crippen LogP contribution in [0.25, 0.3) is 158 Å². The molecule has 1 aliphatic rings. The van der Waals surface area contributed by atoms with E-state index in [1.165, 1.54) is 158 Å². The lowest BCUT2D eigenvalue weighted by Crippen LogP contribution is -2.02. The number of benzene rings is 14. The third-order valence-corrected chi connectivity index (χ3v) is 17.4. The zero-order valence-corrected chi connectivity index (χ0v) is 43.2. The van der Waals surface area contributed by atoms with Gasteiger partial charge in [-0.2, -0.15) is 0 Å². The van der Waals surface area contributed by atoms with Crippen molar-refractivity contribution in [2.75, 3.05) is 0 Å². The molecule has 2 aromatic heterocycles. The Balaban J connectivity index is 0.897. The molecule has 17 rings (SSSR count). The van der Waals surface area contributed by atoms with Crippen molar-refractivity contribution in [2.24, 2.45) is 0 Å². The highest BCUT2D eigenvalue weighted by Crippen LogP contribution is 2.48. The Bertz CT molecular complexity index is 5420. The van der Waals surface area contributed by atoms with E-state index < -0.39 is 0 Å². The molecule has 1 aliphatic carbocycles. The van der Waals surface area contributed by atoms with Crippen molar-refractivity contribution in [3.05, 3.63) is 285 Å². The Kier molecular flexibility index (Phi) is 9.37. The number of hydrogen-bond acceptors (Lipinski definition) is 0. The van der Waals surface area contributed by atoms with E-state index in [-0.39, 0.29) is 0 Å². The number of hydrogen-bond donors (Lipinski definition) is 0. The van der Waals surface area contributed by atoms with Crippen LogP contribution in [0, 0.1) is 0 Å². The van der Waals surface area contributed by atoms with E-state index in [0.717, 1.165) is 17.6 Å². The molecule has 2 nitrogen and oxygen atoms in total. The maximum Gasteiger partial charge on any atom is 0.0553 e. The molecule has 0 amide bonds. The first kappa shape index (κ1) is 43.9. The molecule has 0 aliphatic heterocycles. The van der Waals surface area contributed by atoms with Gasteiger partial charge in [-0.05, 0) is 159 Å². The number of nitrogens with zero attached hydrogens (tertiary/aromatic N) is 2. The molecule has 79 heavy (non-hydrogen) atoms. The molecule has 0 radical (unpaired) electrons. The Morgan fingerprint density at radius 3 is 1.46 bits per heavy atom. The van der Waals surface area contributed by atoms with Crippen LogP contribution in [0.5, 0.6) is 0 Å². The summed E-state index contributed by atoms with van der Waals surface area (Å²) >= 11 is 0. The van der Waals surface area contributed by atoms with Crippen LogP contribution in [-0.4, -0.2) is 9.13 Å². The van der Waals surface area contributed by atoms with Gasteiger partial charge in [0, 0.05) is 32.3 Å². The first-order chi connectivity index (χ1) is 39.1. The van der Waals surface area contributed by atoms with Crippen molar-refractivity contribution in [1.82, 2.24) is 9.13 Å². The Labute approximate surface area is 455 Å². The normalized spacial score (nSPS) is 13.7. The molecular formula is C77H48N2. The van der Waals surface area contributed by atoms with Gasteiger partial charge in [0.25, 0.3) is 0 Å². The highest BCUT2D eigenvalue weighted by Gasteiger charge is 2.24. The second-order valence-corrected chi connectivity index (χ2v) is 21.5. The zero-order valence-electron chi connectivity index (χ0n) is 43.2. The largest absolute Gasteiger partial charge is 0.309 e. The SMILES string of the molecule is C=C1/C=C\C=C/Cc2cc(-n3c4ccccc4c4cc(-c5ccc6c(c5)c5ccccc5n6-c5cc6c7ccccc7c7ccccc7c6c6ccc7ccccc7c56)ccc43)c3ccc4ccccc4c3c2-c2ccccc21. The number of aromatic nitrogens is 2. The Morgan fingerprint density at radius 2 is 0.797 bits per heavy atom. The Morgan fingerprint density at radius 1 is 0.304 bits per heavy atom. The van der Waals surface area contributed by atoms with E-state index >= 15 is 0 Å². The third kappa shape index (κ3) is 6.34. The molecule has 0 bridgehead atoms. The van der Waals surface area contributed by atoms with Gasteiger partial charge in [0.15, 0.2) is 0 Å². The maximum absolute atomic E-state index is 4.56. The quantitative estimate of drug-likeness (QED) is 0.156. The van der Waals surface area contributed by atoms with Crippen LogP contribution < -0.4 is 0 Å². The summed E-state index contributed by atoms with van der Waals surface area (Å²) in [6.07, 6.45) is 9.51. The summed E-state index contributed by atoms with van der Waals surface area (Å²) in [7, 11) is 0. The minimum atomic E-state index is 0.786. The van der Waals surface area contributed by atoms with Crippen LogP contribution in [0.15, 0.2) is 274 Å². The second kappa shape index (κ2) is 16.9. The molecule has 0 saturated heterocycles. The fourth-order valence-corrected chi connectivity index (χ4v) is 14.0. The van der Waals surface area contributed by atoms with E-state index in [9.17, 15) is 0 Å². The standard InChI is InChI=1S/C77H48N2/c1-47-19-3-2-4-22-52-45-72(63-39-35-49-21-6-8-25-55(49)77(63)74(52)61-31-13-9-23-53(47)61)78-68-33-17-15-29-59(68)65-43-50(37-41-70(65)78)51-38-42-71-66(44-51)60-30-16-18-34-69(60)79(71)73-46-67-58-28-11-10-26-56(58)57-27-12-14-32-62(57)75(67)64-40-36-48-20-5-7-24-54(48)76(64)73/h2-21,23-46H,1,22H2/b4-2-,19-3-. The van der Waals surface area contributed by atoms with E-state index in [0.29, 0.717) is 0 Å². The fourth-order valence-electron chi connectivity index (χ4n) is 14.0. The summed E-state index contributed by atoms with van der Waals surface area (Å²) in [5, 5.41) is 22.6. The molecule has 0 spiro atoms. The van der Waals surface area contributed by atoms with Crippen LogP contribution in [0.1, 0.15) is 11.1 Å². The lowest BCUT2D eigenvalue weighted by atomic mass is 9.84. The first-order valence-electron chi connectivity index (χ1n) is 27.5. The Hall–Kier alpha value is -10.3. The van der Waals surface area contributed by atoms with Crippen LogP contribution in [0.3, 0.4) is 0 Å². The van der Waals surface area contributed by atoms with Gasteiger partial charge < -0.3 is 9.13 Å². The molecule has 0 unspecified atom stereocenters. The summed E-state index contributed by atoms with van der Waals surface area (Å²) in [5.41, 5.74) is 15.4. The molecule has 2 heteroatoms. The van der Waals surface area contributed by atoms with Crippen molar-refractivity contribution in [3.8, 4) is 33.6 Å². The van der Waals surface area contributed by atoms with E-state index in [2.05, 4.69) is 283 Å². The molecule has 366 valence electrons. The average molecular weight is 1000 g/mol. The maximum atomic E-state index is 4.56. The van der Waals surface area contributed by atoms with Gasteiger partial charge in [-0.3, -0.25) is 0 Å². The van der Waals surface area contributed by atoms with Crippen molar-refractivity contribution in [2.45, 2.75) is 6.42 Å². The summed E-state index contributed by atoms with van der Waals surface area (Å²) in [4.78, 5) is 0.